The van der Waals surface area contributed by atoms with E-state index in [4.69, 9.17) is 10.8 Å². The SMILES string of the molecule is Cc1c(N)cccc1N1CCC(CCO)C1. The predicted molar refractivity (Wildman–Crippen MR) is 67.6 cm³/mol. The Morgan fingerprint density at radius 1 is 1.50 bits per heavy atom. The maximum Gasteiger partial charge on any atom is 0.0434 e. The molecular formula is C13H20N2O. The molecule has 0 radical (unpaired) electrons. The number of nitrogens with two attached hydrogens (primary N) is 1. The number of nitrogens with zero attached hydrogens (tertiary/aromatic N) is 1. The highest BCUT2D eigenvalue weighted by Gasteiger charge is 2.23. The van der Waals surface area contributed by atoms with Gasteiger partial charge in [-0.15, -0.1) is 0 Å². The van der Waals surface area contributed by atoms with Crippen LogP contribution in [-0.4, -0.2) is 24.8 Å². The third kappa shape index (κ3) is 2.14. The third-order valence-corrected chi connectivity index (χ3v) is 3.51. The van der Waals surface area contributed by atoms with Crippen molar-refractivity contribution in [1.82, 2.24) is 0 Å². The Labute approximate surface area is 96.9 Å². The van der Waals surface area contributed by atoms with E-state index in [2.05, 4.69) is 17.9 Å². The second-order valence-corrected chi connectivity index (χ2v) is 4.60. The molecule has 1 atom stereocenters. The van der Waals surface area contributed by atoms with E-state index < -0.39 is 0 Å². The highest BCUT2D eigenvalue weighted by atomic mass is 16.3. The van der Waals surface area contributed by atoms with Crippen molar-refractivity contribution in [3.8, 4) is 0 Å². The van der Waals surface area contributed by atoms with Gasteiger partial charge >= 0.3 is 0 Å². The van der Waals surface area contributed by atoms with E-state index in [1.54, 1.807) is 0 Å². The van der Waals surface area contributed by atoms with Crippen LogP contribution in [0.25, 0.3) is 0 Å². The first-order valence-corrected chi connectivity index (χ1v) is 5.93. The van der Waals surface area contributed by atoms with E-state index in [0.29, 0.717) is 12.5 Å². The number of aliphatic hydroxyl groups is 1. The molecule has 1 aliphatic rings. The third-order valence-electron chi connectivity index (χ3n) is 3.51. The molecular weight excluding hydrogens is 200 g/mol. The number of aliphatic hydroxyl groups excluding tert-OH is 1. The highest BCUT2D eigenvalue weighted by molar-refractivity contribution is 5.64. The van der Waals surface area contributed by atoms with Gasteiger partial charge in [0, 0.05) is 31.1 Å². The second kappa shape index (κ2) is 4.74. The molecule has 16 heavy (non-hydrogen) atoms. The van der Waals surface area contributed by atoms with Crippen LogP contribution in [-0.2, 0) is 0 Å². The fraction of sp³-hybridized carbons (Fsp3) is 0.538. The zero-order valence-electron chi connectivity index (χ0n) is 9.82. The van der Waals surface area contributed by atoms with E-state index in [1.807, 2.05) is 12.1 Å². The van der Waals surface area contributed by atoms with E-state index in [0.717, 1.165) is 25.2 Å². The summed E-state index contributed by atoms with van der Waals surface area (Å²) in [5.74, 6) is 0.630. The summed E-state index contributed by atoms with van der Waals surface area (Å²) in [6, 6.07) is 6.09. The van der Waals surface area contributed by atoms with Crippen LogP contribution < -0.4 is 10.6 Å². The molecule has 0 spiro atoms. The van der Waals surface area contributed by atoms with E-state index in [9.17, 15) is 0 Å². The number of hydrogen-bond donors (Lipinski definition) is 2. The molecule has 3 heteroatoms. The lowest BCUT2D eigenvalue weighted by molar-refractivity contribution is 0.263. The molecule has 0 aliphatic carbocycles. The fourth-order valence-corrected chi connectivity index (χ4v) is 2.45. The first-order chi connectivity index (χ1) is 7.72. The Balaban J connectivity index is 2.11. The molecule has 88 valence electrons. The summed E-state index contributed by atoms with van der Waals surface area (Å²) in [6.07, 6.45) is 2.09. The van der Waals surface area contributed by atoms with Gasteiger partial charge in [-0.25, -0.2) is 0 Å². The predicted octanol–water partition coefficient (Wildman–Crippen LogP) is 1.79. The van der Waals surface area contributed by atoms with Crippen molar-refractivity contribution in [2.24, 2.45) is 5.92 Å². The molecule has 0 bridgehead atoms. The maximum absolute atomic E-state index is 8.94. The van der Waals surface area contributed by atoms with Crippen LogP contribution in [0.2, 0.25) is 0 Å². The lowest BCUT2D eigenvalue weighted by Crippen LogP contribution is -2.21. The lowest BCUT2D eigenvalue weighted by atomic mass is 10.1. The summed E-state index contributed by atoms with van der Waals surface area (Å²) in [5, 5.41) is 8.94. The second-order valence-electron chi connectivity index (χ2n) is 4.60. The number of nitrogen functional groups attached to an aromatic ring is 1. The van der Waals surface area contributed by atoms with Crippen molar-refractivity contribution >= 4 is 11.4 Å². The quantitative estimate of drug-likeness (QED) is 0.763. The summed E-state index contributed by atoms with van der Waals surface area (Å²) in [6.45, 7) is 4.50. The van der Waals surface area contributed by atoms with Gasteiger partial charge in [0.15, 0.2) is 0 Å². The van der Waals surface area contributed by atoms with Gasteiger partial charge in [-0.2, -0.15) is 0 Å². The summed E-state index contributed by atoms with van der Waals surface area (Å²) in [5.41, 5.74) is 9.20. The van der Waals surface area contributed by atoms with Crippen LogP contribution >= 0.6 is 0 Å². The number of hydrogen-bond acceptors (Lipinski definition) is 3. The zero-order chi connectivity index (χ0) is 11.5. The van der Waals surface area contributed by atoms with Crippen LogP contribution in [0.4, 0.5) is 11.4 Å². The van der Waals surface area contributed by atoms with Crippen molar-refractivity contribution in [2.45, 2.75) is 19.8 Å². The first kappa shape index (κ1) is 11.3. The van der Waals surface area contributed by atoms with Crippen LogP contribution in [0.15, 0.2) is 18.2 Å². The fourth-order valence-electron chi connectivity index (χ4n) is 2.45. The molecule has 1 unspecified atom stereocenters. The Kier molecular flexibility index (Phi) is 3.34. The molecule has 1 aromatic rings. The maximum atomic E-state index is 8.94. The minimum absolute atomic E-state index is 0.300. The standard InChI is InChI=1S/C13H20N2O/c1-10-12(14)3-2-4-13(10)15-7-5-11(9-15)6-8-16/h2-4,11,16H,5-9,14H2,1H3. The van der Waals surface area contributed by atoms with Gasteiger partial charge in [-0.3, -0.25) is 0 Å². The number of benzene rings is 1. The molecule has 3 nitrogen and oxygen atoms in total. The average Bonchev–Trinajstić information content (AvgIpc) is 2.71. The van der Waals surface area contributed by atoms with Gasteiger partial charge in [0.05, 0.1) is 0 Å². The van der Waals surface area contributed by atoms with E-state index in [-0.39, 0.29) is 0 Å². The summed E-state index contributed by atoms with van der Waals surface area (Å²) >= 11 is 0. The van der Waals surface area contributed by atoms with Crippen molar-refractivity contribution in [3.05, 3.63) is 23.8 Å². The minimum atomic E-state index is 0.300. The largest absolute Gasteiger partial charge is 0.398 e. The lowest BCUT2D eigenvalue weighted by Gasteiger charge is -2.21. The zero-order valence-corrected chi connectivity index (χ0v) is 9.82. The van der Waals surface area contributed by atoms with Crippen molar-refractivity contribution < 1.29 is 5.11 Å². The molecule has 0 amide bonds. The van der Waals surface area contributed by atoms with Gasteiger partial charge in [-0.05, 0) is 43.4 Å². The van der Waals surface area contributed by atoms with Gasteiger partial charge in [-0.1, -0.05) is 6.07 Å². The molecule has 1 heterocycles. The molecule has 2 rings (SSSR count). The summed E-state index contributed by atoms with van der Waals surface area (Å²) in [4.78, 5) is 2.38. The van der Waals surface area contributed by atoms with Crippen molar-refractivity contribution in [2.75, 3.05) is 30.3 Å². The monoisotopic (exact) mass is 220 g/mol. The molecule has 1 aliphatic heterocycles. The van der Waals surface area contributed by atoms with Crippen LogP contribution in [0.5, 0.6) is 0 Å². The normalized spacial score (nSPS) is 20.4. The van der Waals surface area contributed by atoms with Gasteiger partial charge in [0.25, 0.3) is 0 Å². The molecule has 1 aromatic carbocycles. The summed E-state index contributed by atoms with van der Waals surface area (Å²) < 4.78 is 0. The Hall–Kier alpha value is -1.22. The average molecular weight is 220 g/mol. The number of anilines is 2. The summed E-state index contributed by atoms with van der Waals surface area (Å²) in [7, 11) is 0. The Bertz CT molecular complexity index is 365. The topological polar surface area (TPSA) is 49.5 Å². The first-order valence-electron chi connectivity index (χ1n) is 5.93. The smallest absolute Gasteiger partial charge is 0.0434 e. The van der Waals surface area contributed by atoms with Crippen LogP contribution in [0, 0.1) is 12.8 Å². The molecule has 1 saturated heterocycles. The van der Waals surface area contributed by atoms with Crippen LogP contribution in [0.1, 0.15) is 18.4 Å². The van der Waals surface area contributed by atoms with Gasteiger partial charge < -0.3 is 15.7 Å². The molecule has 0 saturated carbocycles. The Morgan fingerprint density at radius 3 is 3.06 bits per heavy atom. The molecule has 1 fully saturated rings. The van der Waals surface area contributed by atoms with E-state index >= 15 is 0 Å². The van der Waals surface area contributed by atoms with Crippen LogP contribution in [0.3, 0.4) is 0 Å². The highest BCUT2D eigenvalue weighted by Crippen LogP contribution is 2.30. The van der Waals surface area contributed by atoms with E-state index in [1.165, 1.54) is 17.7 Å². The van der Waals surface area contributed by atoms with Gasteiger partial charge in [0.2, 0.25) is 0 Å². The van der Waals surface area contributed by atoms with Gasteiger partial charge in [0.1, 0.15) is 0 Å². The molecule has 0 aromatic heterocycles. The van der Waals surface area contributed by atoms with Crippen molar-refractivity contribution in [3.63, 3.8) is 0 Å². The Morgan fingerprint density at radius 2 is 2.31 bits per heavy atom. The van der Waals surface area contributed by atoms with Crippen molar-refractivity contribution in [1.29, 1.82) is 0 Å². The molecule has 3 N–H and O–H groups in total. The minimum Gasteiger partial charge on any atom is -0.398 e. The number of rotatable bonds is 3.